The summed E-state index contributed by atoms with van der Waals surface area (Å²) in [5.41, 5.74) is 0.277. The molecule has 0 aliphatic heterocycles. The summed E-state index contributed by atoms with van der Waals surface area (Å²) in [6.07, 6.45) is 0.526. The van der Waals surface area contributed by atoms with Gasteiger partial charge in [0.15, 0.2) is 21.3 Å². The average molecular weight is 314 g/mol. The van der Waals surface area contributed by atoms with Gasteiger partial charge in [-0.05, 0) is 12.5 Å². The van der Waals surface area contributed by atoms with Crippen LogP contribution in [0.1, 0.15) is 23.7 Å². The highest BCUT2D eigenvalue weighted by atomic mass is 32.2. The molecule has 0 bridgehead atoms. The number of methoxy groups -OCH3 is 2. The maximum Gasteiger partial charge on any atom is 0.339 e. The van der Waals surface area contributed by atoms with Gasteiger partial charge >= 0.3 is 5.97 Å². The SMILES string of the molecule is C=C(CC)CS(=O)(=O)c1cc(OC)c(OC)c(C(=O)O)c1. The molecular formula is C14H18O6S. The normalized spacial score (nSPS) is 11.0. The molecule has 0 atom stereocenters. The summed E-state index contributed by atoms with van der Waals surface area (Å²) in [4.78, 5) is 11.1. The summed E-state index contributed by atoms with van der Waals surface area (Å²) in [6.45, 7) is 5.47. The summed E-state index contributed by atoms with van der Waals surface area (Å²) >= 11 is 0. The molecule has 1 rings (SSSR count). The number of benzene rings is 1. The van der Waals surface area contributed by atoms with E-state index in [9.17, 15) is 18.3 Å². The molecule has 7 heteroatoms. The molecule has 0 fully saturated rings. The lowest BCUT2D eigenvalue weighted by atomic mass is 10.2. The average Bonchev–Trinajstić information content (AvgIpc) is 2.44. The molecule has 0 radical (unpaired) electrons. The quantitative estimate of drug-likeness (QED) is 0.776. The van der Waals surface area contributed by atoms with E-state index in [1.54, 1.807) is 6.92 Å². The van der Waals surface area contributed by atoms with Crippen molar-refractivity contribution in [3.63, 3.8) is 0 Å². The van der Waals surface area contributed by atoms with Gasteiger partial charge in [-0.1, -0.05) is 19.1 Å². The maximum absolute atomic E-state index is 12.3. The van der Waals surface area contributed by atoms with Gasteiger partial charge in [-0.25, -0.2) is 13.2 Å². The van der Waals surface area contributed by atoms with Gasteiger partial charge in [0, 0.05) is 6.07 Å². The summed E-state index contributed by atoms with van der Waals surface area (Å²) in [5.74, 6) is -1.49. The van der Waals surface area contributed by atoms with Crippen molar-refractivity contribution in [2.75, 3.05) is 20.0 Å². The van der Waals surface area contributed by atoms with E-state index >= 15 is 0 Å². The maximum atomic E-state index is 12.3. The Morgan fingerprint density at radius 3 is 2.33 bits per heavy atom. The molecule has 1 N–H and O–H groups in total. The van der Waals surface area contributed by atoms with E-state index in [4.69, 9.17) is 9.47 Å². The molecule has 0 aliphatic carbocycles. The summed E-state index contributed by atoms with van der Waals surface area (Å²) < 4.78 is 34.6. The zero-order valence-corrected chi connectivity index (χ0v) is 13.0. The molecule has 0 amide bonds. The van der Waals surface area contributed by atoms with Crippen molar-refractivity contribution in [1.82, 2.24) is 0 Å². The first-order valence-corrected chi connectivity index (χ1v) is 7.80. The van der Waals surface area contributed by atoms with Gasteiger partial charge in [-0.3, -0.25) is 0 Å². The third-order valence-electron chi connectivity index (χ3n) is 2.94. The Bertz CT molecular complexity index is 660. The van der Waals surface area contributed by atoms with Crippen LogP contribution in [0.4, 0.5) is 0 Å². The molecule has 0 spiro atoms. The highest BCUT2D eigenvalue weighted by Crippen LogP contribution is 2.34. The fourth-order valence-electron chi connectivity index (χ4n) is 1.73. The number of rotatable bonds is 7. The highest BCUT2D eigenvalue weighted by Gasteiger charge is 2.24. The number of sulfone groups is 1. The van der Waals surface area contributed by atoms with Crippen molar-refractivity contribution >= 4 is 15.8 Å². The molecule has 116 valence electrons. The van der Waals surface area contributed by atoms with Crippen LogP contribution in [0.3, 0.4) is 0 Å². The van der Waals surface area contributed by atoms with Crippen LogP contribution in [-0.2, 0) is 9.84 Å². The third-order valence-corrected chi connectivity index (χ3v) is 4.68. The Hall–Kier alpha value is -2.02. The van der Waals surface area contributed by atoms with Crippen molar-refractivity contribution in [2.24, 2.45) is 0 Å². The molecular weight excluding hydrogens is 296 g/mol. The molecule has 0 saturated heterocycles. The Morgan fingerprint density at radius 2 is 1.90 bits per heavy atom. The van der Waals surface area contributed by atoms with Crippen LogP contribution in [0.15, 0.2) is 29.2 Å². The highest BCUT2D eigenvalue weighted by molar-refractivity contribution is 7.91. The third kappa shape index (κ3) is 3.75. The van der Waals surface area contributed by atoms with E-state index in [2.05, 4.69) is 6.58 Å². The van der Waals surface area contributed by atoms with Crippen LogP contribution in [0.5, 0.6) is 11.5 Å². The van der Waals surface area contributed by atoms with Crippen molar-refractivity contribution in [1.29, 1.82) is 0 Å². The van der Waals surface area contributed by atoms with Crippen molar-refractivity contribution in [2.45, 2.75) is 18.2 Å². The zero-order valence-electron chi connectivity index (χ0n) is 12.2. The van der Waals surface area contributed by atoms with Crippen molar-refractivity contribution < 1.29 is 27.8 Å². The monoisotopic (exact) mass is 314 g/mol. The first-order chi connectivity index (χ1) is 9.76. The van der Waals surface area contributed by atoms with Gasteiger partial charge < -0.3 is 14.6 Å². The number of carboxylic acids is 1. The van der Waals surface area contributed by atoms with Gasteiger partial charge in [-0.2, -0.15) is 0 Å². The van der Waals surface area contributed by atoms with Gasteiger partial charge in [0.05, 0.1) is 24.9 Å². The Labute approximate surface area is 123 Å². The van der Waals surface area contributed by atoms with Crippen molar-refractivity contribution in [3.05, 3.63) is 29.8 Å². The first kappa shape index (κ1) is 17.0. The Kier molecular flexibility index (Phi) is 5.37. The van der Waals surface area contributed by atoms with E-state index in [0.717, 1.165) is 6.07 Å². The molecule has 0 aromatic heterocycles. The van der Waals surface area contributed by atoms with Gasteiger partial charge in [0.25, 0.3) is 0 Å². The number of hydrogen-bond acceptors (Lipinski definition) is 5. The van der Waals surface area contributed by atoms with E-state index in [1.807, 2.05) is 0 Å². The van der Waals surface area contributed by atoms with Crippen LogP contribution in [0, 0.1) is 0 Å². The second-order valence-corrected chi connectivity index (χ2v) is 6.36. The summed E-state index contributed by atoms with van der Waals surface area (Å²) in [5, 5.41) is 9.19. The molecule has 0 saturated carbocycles. The summed E-state index contributed by atoms with van der Waals surface area (Å²) in [7, 11) is -1.08. The van der Waals surface area contributed by atoms with E-state index in [1.165, 1.54) is 20.3 Å². The van der Waals surface area contributed by atoms with E-state index in [-0.39, 0.29) is 27.7 Å². The molecule has 21 heavy (non-hydrogen) atoms. The fraction of sp³-hybridized carbons (Fsp3) is 0.357. The number of carbonyl (C=O) groups is 1. The largest absolute Gasteiger partial charge is 0.493 e. The fourth-order valence-corrected chi connectivity index (χ4v) is 3.22. The van der Waals surface area contributed by atoms with Crippen LogP contribution in [0.25, 0.3) is 0 Å². The van der Waals surface area contributed by atoms with Crippen LogP contribution >= 0.6 is 0 Å². The van der Waals surface area contributed by atoms with Gasteiger partial charge in [-0.15, -0.1) is 0 Å². The molecule has 0 unspecified atom stereocenters. The van der Waals surface area contributed by atoms with Crippen LogP contribution in [0.2, 0.25) is 0 Å². The predicted molar refractivity (Wildman–Crippen MR) is 78.0 cm³/mol. The standard InChI is InChI=1S/C14H18O6S/c1-5-9(2)8-21(17,18)10-6-11(14(15)16)13(20-4)12(7-10)19-3/h6-7H,2,5,8H2,1,3-4H3,(H,15,16). The lowest BCUT2D eigenvalue weighted by molar-refractivity contribution is 0.0692. The van der Waals surface area contributed by atoms with E-state index in [0.29, 0.717) is 12.0 Å². The van der Waals surface area contributed by atoms with Gasteiger partial charge in [0.2, 0.25) is 0 Å². The summed E-state index contributed by atoms with van der Waals surface area (Å²) in [6, 6.07) is 2.32. The minimum absolute atomic E-state index is 0.0155. The van der Waals surface area contributed by atoms with E-state index < -0.39 is 15.8 Å². The second-order valence-electron chi connectivity index (χ2n) is 4.37. The van der Waals surface area contributed by atoms with Crippen LogP contribution in [-0.4, -0.2) is 39.5 Å². The minimum Gasteiger partial charge on any atom is -0.493 e. The second kappa shape index (κ2) is 6.62. The number of aromatic carboxylic acids is 1. The van der Waals surface area contributed by atoms with Crippen molar-refractivity contribution in [3.8, 4) is 11.5 Å². The molecule has 1 aromatic carbocycles. The molecule has 0 aliphatic rings. The minimum atomic E-state index is -3.68. The van der Waals surface area contributed by atoms with Crippen LogP contribution < -0.4 is 9.47 Å². The molecule has 6 nitrogen and oxygen atoms in total. The predicted octanol–water partition coefficient (Wildman–Crippen LogP) is 2.14. The zero-order chi connectivity index (χ0) is 16.2. The number of ether oxygens (including phenoxy) is 2. The lowest BCUT2D eigenvalue weighted by Crippen LogP contribution is -2.11. The first-order valence-electron chi connectivity index (χ1n) is 6.15. The topological polar surface area (TPSA) is 89.9 Å². The molecule has 1 aromatic rings. The smallest absolute Gasteiger partial charge is 0.339 e. The number of hydrogen-bond donors (Lipinski definition) is 1. The Balaban J connectivity index is 3.48. The molecule has 0 heterocycles. The lowest BCUT2D eigenvalue weighted by Gasteiger charge is -2.13. The Morgan fingerprint density at radius 1 is 1.29 bits per heavy atom. The number of carboxylic acid groups (broad SMARTS) is 1. The van der Waals surface area contributed by atoms with Gasteiger partial charge in [0.1, 0.15) is 5.56 Å².